The van der Waals surface area contributed by atoms with Gasteiger partial charge in [0, 0.05) is 20.1 Å². The fraction of sp³-hybridized carbons (Fsp3) is 0.389. The Morgan fingerprint density at radius 2 is 2.12 bits per heavy atom. The minimum atomic E-state index is 0.222. The number of methoxy groups -OCH3 is 1. The third kappa shape index (κ3) is 5.25. The van der Waals surface area contributed by atoms with Gasteiger partial charge in [0.1, 0.15) is 5.75 Å². The molecule has 1 unspecified atom stereocenters. The summed E-state index contributed by atoms with van der Waals surface area (Å²) in [6.07, 6.45) is 0. The van der Waals surface area contributed by atoms with Crippen molar-refractivity contribution in [3.8, 4) is 5.75 Å². The molecule has 6 heteroatoms. The fourth-order valence-corrected chi connectivity index (χ4v) is 3.11. The molecule has 0 aliphatic rings. The van der Waals surface area contributed by atoms with E-state index in [0.717, 1.165) is 24.8 Å². The lowest BCUT2D eigenvalue weighted by Gasteiger charge is -2.26. The average Bonchev–Trinajstić information content (AvgIpc) is 3.11. The molecule has 1 aromatic heterocycles. The summed E-state index contributed by atoms with van der Waals surface area (Å²) in [6, 6.07) is 10.5. The van der Waals surface area contributed by atoms with E-state index in [2.05, 4.69) is 63.6 Å². The van der Waals surface area contributed by atoms with Crippen molar-refractivity contribution >= 4 is 17.3 Å². The molecule has 1 aromatic carbocycles. The number of ether oxygens (including phenoxy) is 1. The maximum atomic E-state index is 5.34. The second kappa shape index (κ2) is 9.30. The second-order valence-corrected chi connectivity index (χ2v) is 6.47. The highest BCUT2D eigenvalue weighted by molar-refractivity contribution is 7.07. The highest BCUT2D eigenvalue weighted by atomic mass is 32.1. The minimum Gasteiger partial charge on any atom is -0.497 e. The summed E-state index contributed by atoms with van der Waals surface area (Å²) >= 11 is 1.70. The van der Waals surface area contributed by atoms with E-state index in [4.69, 9.17) is 4.74 Å². The van der Waals surface area contributed by atoms with E-state index < -0.39 is 0 Å². The Kier molecular flexibility index (Phi) is 7.08. The van der Waals surface area contributed by atoms with E-state index in [9.17, 15) is 0 Å². The monoisotopic (exact) mass is 346 g/mol. The number of rotatable bonds is 7. The lowest BCUT2D eigenvalue weighted by molar-refractivity contribution is 0.297. The van der Waals surface area contributed by atoms with Gasteiger partial charge in [-0.2, -0.15) is 11.3 Å². The van der Waals surface area contributed by atoms with Gasteiger partial charge in [-0.3, -0.25) is 4.99 Å². The van der Waals surface area contributed by atoms with E-state index in [-0.39, 0.29) is 6.04 Å². The SMILES string of the molecule is CN=C(NCc1ccsc1)NCC(c1cccc(OC)c1)N(C)C. The van der Waals surface area contributed by atoms with Gasteiger partial charge in [0.25, 0.3) is 0 Å². The first kappa shape index (κ1) is 18.3. The van der Waals surface area contributed by atoms with Crippen molar-refractivity contribution in [1.82, 2.24) is 15.5 Å². The van der Waals surface area contributed by atoms with Gasteiger partial charge in [-0.1, -0.05) is 12.1 Å². The van der Waals surface area contributed by atoms with Crippen LogP contribution in [-0.4, -0.2) is 45.7 Å². The van der Waals surface area contributed by atoms with Gasteiger partial charge < -0.3 is 20.3 Å². The molecule has 5 nitrogen and oxygen atoms in total. The Bertz CT molecular complexity index is 640. The van der Waals surface area contributed by atoms with Gasteiger partial charge in [0.15, 0.2) is 5.96 Å². The van der Waals surface area contributed by atoms with E-state index in [1.54, 1.807) is 25.5 Å². The molecule has 1 heterocycles. The molecule has 2 rings (SSSR count). The zero-order valence-electron chi connectivity index (χ0n) is 14.7. The smallest absolute Gasteiger partial charge is 0.191 e. The molecule has 0 spiro atoms. The molecule has 24 heavy (non-hydrogen) atoms. The van der Waals surface area contributed by atoms with Crippen molar-refractivity contribution in [1.29, 1.82) is 0 Å². The first-order chi connectivity index (χ1) is 11.6. The van der Waals surface area contributed by atoms with Crippen molar-refractivity contribution in [2.75, 3.05) is 34.8 Å². The van der Waals surface area contributed by atoms with Crippen LogP contribution in [0, 0.1) is 0 Å². The molecule has 0 aliphatic heterocycles. The molecular weight excluding hydrogens is 320 g/mol. The van der Waals surface area contributed by atoms with Gasteiger partial charge >= 0.3 is 0 Å². The molecule has 2 N–H and O–H groups in total. The summed E-state index contributed by atoms with van der Waals surface area (Å²) < 4.78 is 5.34. The molecule has 0 bridgehead atoms. The zero-order chi connectivity index (χ0) is 17.4. The molecule has 0 radical (unpaired) electrons. The third-order valence-corrected chi connectivity index (χ3v) is 4.56. The molecule has 0 aliphatic carbocycles. The van der Waals surface area contributed by atoms with Gasteiger partial charge in [-0.05, 0) is 54.2 Å². The largest absolute Gasteiger partial charge is 0.497 e. The molecule has 1 atom stereocenters. The van der Waals surface area contributed by atoms with Crippen LogP contribution in [0.1, 0.15) is 17.2 Å². The van der Waals surface area contributed by atoms with Crippen molar-refractivity contribution in [2.45, 2.75) is 12.6 Å². The number of hydrogen-bond donors (Lipinski definition) is 2. The van der Waals surface area contributed by atoms with E-state index in [1.165, 1.54) is 11.1 Å². The Labute approximate surface area is 148 Å². The first-order valence-electron chi connectivity index (χ1n) is 7.90. The molecular formula is C18H26N4OS. The van der Waals surface area contributed by atoms with Gasteiger partial charge in [-0.25, -0.2) is 0 Å². The predicted octanol–water partition coefficient (Wildman–Crippen LogP) is 2.72. The topological polar surface area (TPSA) is 48.9 Å². The number of nitrogens with zero attached hydrogens (tertiary/aromatic N) is 2. The third-order valence-electron chi connectivity index (χ3n) is 3.83. The fourth-order valence-electron chi connectivity index (χ4n) is 2.44. The van der Waals surface area contributed by atoms with Crippen LogP contribution in [0.15, 0.2) is 46.1 Å². The highest BCUT2D eigenvalue weighted by Gasteiger charge is 2.15. The quantitative estimate of drug-likeness (QED) is 0.598. The van der Waals surface area contributed by atoms with Gasteiger partial charge in [0.2, 0.25) is 0 Å². The summed E-state index contributed by atoms with van der Waals surface area (Å²) in [5.41, 5.74) is 2.47. The van der Waals surface area contributed by atoms with Crippen molar-refractivity contribution < 1.29 is 4.74 Å². The molecule has 2 aromatic rings. The van der Waals surface area contributed by atoms with Crippen LogP contribution in [0.4, 0.5) is 0 Å². The minimum absolute atomic E-state index is 0.222. The normalized spacial score (nSPS) is 13.0. The van der Waals surface area contributed by atoms with Crippen molar-refractivity contribution in [3.05, 3.63) is 52.2 Å². The van der Waals surface area contributed by atoms with Gasteiger partial charge in [0.05, 0.1) is 13.2 Å². The summed E-state index contributed by atoms with van der Waals surface area (Å²) in [5, 5.41) is 11.0. The molecule has 0 saturated heterocycles. The number of hydrogen-bond acceptors (Lipinski definition) is 4. The first-order valence-corrected chi connectivity index (χ1v) is 8.84. The number of thiophene rings is 1. The molecule has 0 fully saturated rings. The van der Waals surface area contributed by atoms with E-state index in [1.807, 2.05) is 12.1 Å². The Hall–Kier alpha value is -2.05. The average molecular weight is 347 g/mol. The van der Waals surface area contributed by atoms with Crippen molar-refractivity contribution in [2.24, 2.45) is 4.99 Å². The Morgan fingerprint density at radius 3 is 2.75 bits per heavy atom. The zero-order valence-corrected chi connectivity index (χ0v) is 15.6. The second-order valence-electron chi connectivity index (χ2n) is 5.69. The van der Waals surface area contributed by atoms with Crippen LogP contribution in [0.3, 0.4) is 0 Å². The lowest BCUT2D eigenvalue weighted by Crippen LogP contribution is -2.41. The van der Waals surface area contributed by atoms with Crippen LogP contribution in [0.5, 0.6) is 5.75 Å². The van der Waals surface area contributed by atoms with Crippen LogP contribution >= 0.6 is 11.3 Å². The Balaban J connectivity index is 1.96. The number of likely N-dealkylation sites (N-methyl/N-ethyl adjacent to an activating group) is 1. The summed E-state index contributed by atoms with van der Waals surface area (Å²) in [5.74, 6) is 1.68. The standard InChI is InChI=1S/C18H26N4OS/c1-19-18(20-11-14-8-9-24-13-14)21-12-17(22(2)3)15-6-5-7-16(10-15)23-4/h5-10,13,17H,11-12H2,1-4H3,(H2,19,20,21). The van der Waals surface area contributed by atoms with Gasteiger partial charge in [-0.15, -0.1) is 0 Å². The molecule has 0 saturated carbocycles. The Morgan fingerprint density at radius 1 is 1.29 bits per heavy atom. The molecule has 130 valence electrons. The van der Waals surface area contributed by atoms with E-state index in [0.29, 0.717) is 0 Å². The number of nitrogens with one attached hydrogen (secondary N) is 2. The predicted molar refractivity (Wildman–Crippen MR) is 102 cm³/mol. The number of aliphatic imine (C=N–C) groups is 1. The van der Waals surface area contributed by atoms with Crippen LogP contribution in [-0.2, 0) is 6.54 Å². The number of guanidine groups is 1. The number of benzene rings is 1. The lowest BCUT2D eigenvalue weighted by atomic mass is 10.1. The summed E-state index contributed by atoms with van der Waals surface area (Å²) in [6.45, 7) is 1.53. The maximum absolute atomic E-state index is 5.34. The van der Waals surface area contributed by atoms with Crippen LogP contribution in [0.2, 0.25) is 0 Å². The molecule has 0 amide bonds. The maximum Gasteiger partial charge on any atom is 0.191 e. The van der Waals surface area contributed by atoms with Crippen LogP contribution in [0.25, 0.3) is 0 Å². The van der Waals surface area contributed by atoms with Crippen LogP contribution < -0.4 is 15.4 Å². The summed E-state index contributed by atoms with van der Waals surface area (Å²) in [4.78, 5) is 6.49. The summed E-state index contributed by atoms with van der Waals surface area (Å²) in [7, 11) is 7.64. The highest BCUT2D eigenvalue weighted by Crippen LogP contribution is 2.22. The van der Waals surface area contributed by atoms with E-state index >= 15 is 0 Å². The van der Waals surface area contributed by atoms with Crippen molar-refractivity contribution in [3.63, 3.8) is 0 Å².